The number of rotatable bonds is 5. The van der Waals surface area contributed by atoms with Gasteiger partial charge in [0, 0.05) is 5.69 Å². The van der Waals surface area contributed by atoms with Gasteiger partial charge in [-0.1, -0.05) is 28.9 Å². The topological polar surface area (TPSA) is 78.3 Å². The molecule has 1 aromatic heterocycles. The van der Waals surface area contributed by atoms with Gasteiger partial charge in [0.05, 0.1) is 24.9 Å². The molecule has 3 rings (SSSR count). The van der Waals surface area contributed by atoms with E-state index in [9.17, 15) is 4.79 Å². The van der Waals surface area contributed by atoms with E-state index in [1.54, 1.807) is 36.9 Å². The SMILES string of the molecule is COc1ccc(NC(=O)c2nnn(-c3ccccc3OC)c2C)cc1Cl. The summed E-state index contributed by atoms with van der Waals surface area (Å²) in [5, 5.41) is 11.3. The highest BCUT2D eigenvalue weighted by Crippen LogP contribution is 2.28. The van der Waals surface area contributed by atoms with Gasteiger partial charge in [0.15, 0.2) is 5.69 Å². The summed E-state index contributed by atoms with van der Waals surface area (Å²) >= 11 is 6.09. The van der Waals surface area contributed by atoms with Gasteiger partial charge in [0.1, 0.15) is 17.2 Å². The number of halogens is 1. The number of carbonyl (C=O) groups excluding carboxylic acids is 1. The molecule has 0 spiro atoms. The normalized spacial score (nSPS) is 10.5. The Morgan fingerprint density at radius 2 is 1.85 bits per heavy atom. The fourth-order valence-corrected chi connectivity index (χ4v) is 2.76. The lowest BCUT2D eigenvalue weighted by molar-refractivity contribution is 0.102. The van der Waals surface area contributed by atoms with Crippen molar-refractivity contribution < 1.29 is 14.3 Å². The van der Waals surface area contributed by atoms with Gasteiger partial charge in [-0.15, -0.1) is 5.10 Å². The van der Waals surface area contributed by atoms with Crippen LogP contribution in [0.15, 0.2) is 42.5 Å². The van der Waals surface area contributed by atoms with Crippen molar-refractivity contribution in [3.05, 3.63) is 58.9 Å². The van der Waals surface area contributed by atoms with E-state index in [1.165, 1.54) is 7.11 Å². The number of amides is 1. The van der Waals surface area contributed by atoms with E-state index < -0.39 is 0 Å². The van der Waals surface area contributed by atoms with Crippen molar-refractivity contribution in [1.82, 2.24) is 15.0 Å². The van der Waals surface area contributed by atoms with Gasteiger partial charge < -0.3 is 14.8 Å². The van der Waals surface area contributed by atoms with Crippen LogP contribution in [0.5, 0.6) is 11.5 Å². The molecule has 8 heteroatoms. The minimum Gasteiger partial charge on any atom is -0.495 e. The molecule has 1 N–H and O–H groups in total. The van der Waals surface area contributed by atoms with E-state index in [0.717, 1.165) is 0 Å². The van der Waals surface area contributed by atoms with Gasteiger partial charge in [-0.05, 0) is 37.3 Å². The highest BCUT2D eigenvalue weighted by atomic mass is 35.5. The maximum atomic E-state index is 12.6. The molecule has 0 aliphatic heterocycles. The van der Waals surface area contributed by atoms with Crippen LogP contribution >= 0.6 is 11.6 Å². The summed E-state index contributed by atoms with van der Waals surface area (Å²) in [6, 6.07) is 12.4. The molecule has 0 aliphatic carbocycles. The molecular weight excluding hydrogens is 356 g/mol. The van der Waals surface area contributed by atoms with E-state index in [-0.39, 0.29) is 11.6 Å². The number of carbonyl (C=O) groups is 1. The Morgan fingerprint density at radius 3 is 2.54 bits per heavy atom. The number of nitrogens with zero attached hydrogens (tertiary/aromatic N) is 3. The molecule has 1 heterocycles. The number of anilines is 1. The maximum absolute atomic E-state index is 12.6. The molecule has 3 aromatic rings. The lowest BCUT2D eigenvalue weighted by atomic mass is 10.2. The molecule has 0 unspecified atom stereocenters. The summed E-state index contributed by atoms with van der Waals surface area (Å²) in [4.78, 5) is 12.6. The Kier molecular flexibility index (Phi) is 5.09. The lowest BCUT2D eigenvalue weighted by Crippen LogP contribution is -2.14. The predicted octanol–water partition coefficient (Wildman–Crippen LogP) is 3.50. The van der Waals surface area contributed by atoms with E-state index in [1.807, 2.05) is 24.3 Å². The van der Waals surface area contributed by atoms with E-state index in [0.29, 0.717) is 33.6 Å². The van der Waals surface area contributed by atoms with Crippen LogP contribution in [-0.4, -0.2) is 35.1 Å². The molecular formula is C18H17ClN4O3. The van der Waals surface area contributed by atoms with Gasteiger partial charge in [-0.3, -0.25) is 4.79 Å². The highest BCUT2D eigenvalue weighted by molar-refractivity contribution is 6.32. The average molecular weight is 373 g/mol. The summed E-state index contributed by atoms with van der Waals surface area (Å²) in [6.07, 6.45) is 0. The molecule has 1 amide bonds. The van der Waals surface area contributed by atoms with E-state index in [4.69, 9.17) is 21.1 Å². The largest absolute Gasteiger partial charge is 0.495 e. The first-order chi connectivity index (χ1) is 12.5. The summed E-state index contributed by atoms with van der Waals surface area (Å²) < 4.78 is 12.0. The first-order valence-electron chi connectivity index (χ1n) is 7.75. The molecule has 0 saturated heterocycles. The van der Waals surface area contributed by atoms with Crippen molar-refractivity contribution in [3.8, 4) is 17.2 Å². The minimum atomic E-state index is -0.384. The van der Waals surface area contributed by atoms with Crippen LogP contribution in [0.1, 0.15) is 16.2 Å². The molecule has 0 radical (unpaired) electrons. The van der Waals surface area contributed by atoms with Gasteiger partial charge in [-0.25, -0.2) is 4.68 Å². The number of hydrogen-bond acceptors (Lipinski definition) is 5. The molecule has 134 valence electrons. The Labute approximate surface area is 155 Å². The van der Waals surface area contributed by atoms with Crippen LogP contribution in [0, 0.1) is 6.92 Å². The third kappa shape index (κ3) is 3.34. The zero-order chi connectivity index (χ0) is 18.7. The average Bonchev–Trinajstić information content (AvgIpc) is 3.03. The lowest BCUT2D eigenvalue weighted by Gasteiger charge is -2.09. The molecule has 2 aromatic carbocycles. The Bertz CT molecular complexity index is 955. The van der Waals surface area contributed by atoms with Crippen LogP contribution < -0.4 is 14.8 Å². The van der Waals surface area contributed by atoms with Gasteiger partial charge in [0.25, 0.3) is 5.91 Å². The predicted molar refractivity (Wildman–Crippen MR) is 98.6 cm³/mol. The number of benzene rings is 2. The van der Waals surface area contributed by atoms with E-state index in [2.05, 4.69) is 15.6 Å². The highest BCUT2D eigenvalue weighted by Gasteiger charge is 2.19. The number of aromatic nitrogens is 3. The quantitative estimate of drug-likeness (QED) is 0.741. The van der Waals surface area contributed by atoms with Crippen molar-refractivity contribution in [2.24, 2.45) is 0 Å². The van der Waals surface area contributed by atoms with Crippen LogP contribution in [-0.2, 0) is 0 Å². The van der Waals surface area contributed by atoms with Crippen LogP contribution in [0.4, 0.5) is 5.69 Å². The number of ether oxygens (including phenoxy) is 2. The van der Waals surface area contributed by atoms with Gasteiger partial charge >= 0.3 is 0 Å². The first-order valence-corrected chi connectivity index (χ1v) is 8.13. The molecule has 0 saturated carbocycles. The number of hydrogen-bond donors (Lipinski definition) is 1. The zero-order valence-electron chi connectivity index (χ0n) is 14.5. The fraction of sp³-hybridized carbons (Fsp3) is 0.167. The Hall–Kier alpha value is -3.06. The first kappa shape index (κ1) is 17.8. The van der Waals surface area contributed by atoms with Crippen molar-refractivity contribution in [1.29, 1.82) is 0 Å². The summed E-state index contributed by atoms with van der Waals surface area (Å²) in [5.74, 6) is 0.780. The smallest absolute Gasteiger partial charge is 0.278 e. The maximum Gasteiger partial charge on any atom is 0.278 e. The standard InChI is InChI=1S/C18H17ClN4O3/c1-11-17(18(24)20-12-8-9-15(25-2)13(19)10-12)21-22-23(11)14-6-4-5-7-16(14)26-3/h4-10H,1-3H3,(H,20,24). The molecule has 26 heavy (non-hydrogen) atoms. The second-order valence-electron chi connectivity index (χ2n) is 5.41. The van der Waals surface area contributed by atoms with Crippen LogP contribution in [0.25, 0.3) is 5.69 Å². The zero-order valence-corrected chi connectivity index (χ0v) is 15.2. The van der Waals surface area contributed by atoms with E-state index >= 15 is 0 Å². The second kappa shape index (κ2) is 7.45. The van der Waals surface area contributed by atoms with Crippen molar-refractivity contribution in [2.45, 2.75) is 6.92 Å². The molecule has 0 aliphatic rings. The molecule has 0 fully saturated rings. The number of nitrogens with one attached hydrogen (secondary N) is 1. The van der Waals surface area contributed by atoms with Gasteiger partial charge in [0.2, 0.25) is 0 Å². The van der Waals surface area contributed by atoms with Crippen molar-refractivity contribution >= 4 is 23.2 Å². The minimum absolute atomic E-state index is 0.211. The Balaban J connectivity index is 1.87. The fourth-order valence-electron chi connectivity index (χ4n) is 2.51. The second-order valence-corrected chi connectivity index (χ2v) is 5.82. The molecule has 0 atom stereocenters. The van der Waals surface area contributed by atoms with Gasteiger partial charge in [-0.2, -0.15) is 0 Å². The number of methoxy groups -OCH3 is 2. The van der Waals surface area contributed by atoms with Crippen molar-refractivity contribution in [2.75, 3.05) is 19.5 Å². The molecule has 7 nitrogen and oxygen atoms in total. The number of para-hydroxylation sites is 2. The summed E-state index contributed by atoms with van der Waals surface area (Å²) in [6.45, 7) is 1.77. The third-order valence-electron chi connectivity index (χ3n) is 3.83. The third-order valence-corrected chi connectivity index (χ3v) is 4.13. The van der Waals surface area contributed by atoms with Crippen LogP contribution in [0.2, 0.25) is 5.02 Å². The van der Waals surface area contributed by atoms with Crippen molar-refractivity contribution in [3.63, 3.8) is 0 Å². The molecule has 0 bridgehead atoms. The summed E-state index contributed by atoms with van der Waals surface area (Å²) in [7, 11) is 3.10. The van der Waals surface area contributed by atoms with Crippen LogP contribution in [0.3, 0.4) is 0 Å². The summed E-state index contributed by atoms with van der Waals surface area (Å²) in [5.41, 5.74) is 2.04. The Morgan fingerprint density at radius 1 is 1.12 bits per heavy atom. The monoisotopic (exact) mass is 372 g/mol.